The van der Waals surface area contributed by atoms with Gasteiger partial charge in [-0.15, -0.1) is 0 Å². The number of piperidine rings is 1. The minimum absolute atomic E-state index is 0.130. The third kappa shape index (κ3) is 3.68. The van der Waals surface area contributed by atoms with E-state index < -0.39 is 5.60 Å². The summed E-state index contributed by atoms with van der Waals surface area (Å²) >= 11 is 3.43. The Hall–Kier alpha value is -1.70. The van der Waals surface area contributed by atoms with E-state index >= 15 is 0 Å². The van der Waals surface area contributed by atoms with Crippen LogP contribution in [-0.2, 0) is 16.1 Å². The van der Waals surface area contributed by atoms with E-state index in [1.807, 2.05) is 35.0 Å². The number of hydrogen-bond donors (Lipinski definition) is 2. The van der Waals surface area contributed by atoms with Crippen LogP contribution in [0.25, 0.3) is 0 Å². The van der Waals surface area contributed by atoms with Crippen molar-refractivity contribution in [3.05, 3.63) is 46.7 Å². The number of ether oxygens (including phenoxy) is 1. The Balaban J connectivity index is 1.73. The lowest BCUT2D eigenvalue weighted by atomic mass is 9.91. The molecule has 1 aliphatic heterocycles. The van der Waals surface area contributed by atoms with E-state index in [0.717, 1.165) is 23.1 Å². The number of carbonyl (C=O) groups excluding carboxylic acids is 1. The van der Waals surface area contributed by atoms with Gasteiger partial charge in [-0.3, -0.25) is 10.1 Å². The van der Waals surface area contributed by atoms with Gasteiger partial charge >= 0.3 is 0 Å². The maximum atomic E-state index is 12.7. The number of rotatable bonds is 5. The van der Waals surface area contributed by atoms with Gasteiger partial charge in [0.1, 0.15) is 5.60 Å². The number of aromatic nitrogens is 2. The van der Waals surface area contributed by atoms with Gasteiger partial charge in [-0.25, -0.2) is 4.98 Å². The molecule has 0 atom stereocenters. The Morgan fingerprint density at radius 1 is 1.38 bits per heavy atom. The van der Waals surface area contributed by atoms with E-state index in [2.05, 4.69) is 31.5 Å². The highest BCUT2D eigenvalue weighted by molar-refractivity contribution is 9.10. The maximum Gasteiger partial charge on any atom is 0.259 e. The standard InChI is InChI=1S/C17H21BrN4O2/c1-24-17(6-8-19-9-7-17)15(23)21-16-20-10-11-22(16)12-13-2-4-14(18)5-3-13/h2-5,10-11,19H,6-9,12H2,1H3,(H,20,21,23). The fourth-order valence-electron chi connectivity index (χ4n) is 2.92. The molecule has 2 heterocycles. The quantitative estimate of drug-likeness (QED) is 0.819. The number of imidazole rings is 1. The van der Waals surface area contributed by atoms with E-state index in [1.165, 1.54) is 0 Å². The Morgan fingerprint density at radius 2 is 2.08 bits per heavy atom. The second-order valence-electron chi connectivity index (χ2n) is 5.91. The van der Waals surface area contributed by atoms with Crippen molar-refractivity contribution in [2.24, 2.45) is 0 Å². The van der Waals surface area contributed by atoms with E-state index in [0.29, 0.717) is 25.3 Å². The molecule has 7 heteroatoms. The molecule has 1 aromatic heterocycles. The molecule has 3 rings (SSSR count). The Kier molecular flexibility index (Phi) is 5.33. The van der Waals surface area contributed by atoms with Gasteiger partial charge in [0.15, 0.2) is 0 Å². The molecule has 0 bridgehead atoms. The summed E-state index contributed by atoms with van der Waals surface area (Å²) in [6.07, 6.45) is 4.86. The number of anilines is 1. The minimum Gasteiger partial charge on any atom is -0.368 e. The summed E-state index contributed by atoms with van der Waals surface area (Å²) in [5.74, 6) is 0.410. The average molecular weight is 393 g/mol. The van der Waals surface area contributed by atoms with Crippen LogP contribution < -0.4 is 10.6 Å². The summed E-state index contributed by atoms with van der Waals surface area (Å²) in [6, 6.07) is 8.08. The van der Waals surface area contributed by atoms with Gasteiger partial charge in [0.25, 0.3) is 5.91 Å². The molecule has 1 fully saturated rings. The zero-order valence-corrected chi connectivity index (χ0v) is 15.2. The van der Waals surface area contributed by atoms with Gasteiger partial charge in [-0.1, -0.05) is 28.1 Å². The van der Waals surface area contributed by atoms with E-state index in [4.69, 9.17) is 4.74 Å². The highest BCUT2D eigenvalue weighted by Gasteiger charge is 2.40. The van der Waals surface area contributed by atoms with E-state index in [9.17, 15) is 4.79 Å². The fraction of sp³-hybridized carbons (Fsp3) is 0.412. The van der Waals surface area contributed by atoms with Crippen LogP contribution in [0.2, 0.25) is 0 Å². The summed E-state index contributed by atoms with van der Waals surface area (Å²) in [5, 5.41) is 6.19. The molecule has 24 heavy (non-hydrogen) atoms. The number of amides is 1. The first-order valence-corrected chi connectivity index (χ1v) is 8.75. The van der Waals surface area contributed by atoms with Crippen molar-refractivity contribution >= 4 is 27.8 Å². The first-order chi connectivity index (χ1) is 11.6. The van der Waals surface area contributed by atoms with Crippen LogP contribution in [0.15, 0.2) is 41.1 Å². The number of hydrogen-bond acceptors (Lipinski definition) is 4. The Bertz CT molecular complexity index is 693. The number of nitrogens with one attached hydrogen (secondary N) is 2. The van der Waals surface area contributed by atoms with Gasteiger partial charge in [0, 0.05) is 24.0 Å². The summed E-state index contributed by atoms with van der Waals surface area (Å²) in [4.78, 5) is 17.0. The molecular weight excluding hydrogens is 372 g/mol. The molecule has 1 amide bonds. The van der Waals surface area contributed by atoms with Crippen molar-refractivity contribution in [3.63, 3.8) is 0 Å². The SMILES string of the molecule is COC1(C(=O)Nc2nccn2Cc2ccc(Br)cc2)CCNCC1. The lowest BCUT2D eigenvalue weighted by molar-refractivity contribution is -0.140. The van der Waals surface area contributed by atoms with Gasteiger partial charge in [-0.2, -0.15) is 0 Å². The summed E-state index contributed by atoms with van der Waals surface area (Å²) in [7, 11) is 1.60. The summed E-state index contributed by atoms with van der Waals surface area (Å²) < 4.78 is 8.53. The van der Waals surface area contributed by atoms with Crippen molar-refractivity contribution < 1.29 is 9.53 Å². The molecule has 2 N–H and O–H groups in total. The molecular formula is C17H21BrN4O2. The normalized spacial score (nSPS) is 16.8. The van der Waals surface area contributed by atoms with E-state index in [1.54, 1.807) is 13.3 Å². The monoisotopic (exact) mass is 392 g/mol. The van der Waals surface area contributed by atoms with Crippen molar-refractivity contribution in [1.82, 2.24) is 14.9 Å². The third-order valence-corrected chi connectivity index (χ3v) is 4.95. The number of nitrogens with zero attached hydrogens (tertiary/aromatic N) is 2. The van der Waals surface area contributed by atoms with Crippen LogP contribution >= 0.6 is 15.9 Å². The number of methoxy groups -OCH3 is 1. The minimum atomic E-state index is -0.778. The molecule has 0 unspecified atom stereocenters. The van der Waals surface area contributed by atoms with Crippen molar-refractivity contribution in [1.29, 1.82) is 0 Å². The number of benzene rings is 1. The molecule has 0 radical (unpaired) electrons. The summed E-state index contributed by atoms with van der Waals surface area (Å²) in [5.41, 5.74) is 0.356. The topological polar surface area (TPSA) is 68.2 Å². The summed E-state index contributed by atoms with van der Waals surface area (Å²) in [6.45, 7) is 2.19. The molecule has 0 spiro atoms. The Morgan fingerprint density at radius 3 is 2.75 bits per heavy atom. The van der Waals surface area contributed by atoms with Gasteiger partial charge in [-0.05, 0) is 43.6 Å². The van der Waals surface area contributed by atoms with Crippen LogP contribution in [-0.4, -0.2) is 41.3 Å². The fourth-order valence-corrected chi connectivity index (χ4v) is 3.18. The first-order valence-electron chi connectivity index (χ1n) is 7.96. The smallest absolute Gasteiger partial charge is 0.259 e. The van der Waals surface area contributed by atoms with Gasteiger partial charge in [0.2, 0.25) is 5.95 Å². The molecule has 1 aliphatic rings. The van der Waals surface area contributed by atoms with E-state index in [-0.39, 0.29) is 5.91 Å². The second-order valence-corrected chi connectivity index (χ2v) is 6.82. The van der Waals surface area contributed by atoms with Gasteiger partial charge < -0.3 is 14.6 Å². The third-order valence-electron chi connectivity index (χ3n) is 4.42. The number of carbonyl (C=O) groups is 1. The second kappa shape index (κ2) is 7.46. The Labute approximate surface area is 149 Å². The van der Waals surface area contributed by atoms with Crippen molar-refractivity contribution in [2.45, 2.75) is 25.0 Å². The molecule has 6 nitrogen and oxygen atoms in total. The predicted octanol–water partition coefficient (Wildman–Crippen LogP) is 2.40. The predicted molar refractivity (Wildman–Crippen MR) is 95.9 cm³/mol. The lowest BCUT2D eigenvalue weighted by Crippen LogP contribution is -2.52. The van der Waals surface area contributed by atoms with Gasteiger partial charge in [0.05, 0.1) is 6.54 Å². The van der Waals surface area contributed by atoms with Crippen molar-refractivity contribution in [2.75, 3.05) is 25.5 Å². The van der Waals surface area contributed by atoms with Crippen molar-refractivity contribution in [3.8, 4) is 0 Å². The van der Waals surface area contributed by atoms with Crippen LogP contribution in [0.5, 0.6) is 0 Å². The highest BCUT2D eigenvalue weighted by atomic mass is 79.9. The first kappa shape index (κ1) is 17.1. The molecule has 1 aromatic carbocycles. The zero-order chi connectivity index (χ0) is 17.0. The molecule has 128 valence electrons. The maximum absolute atomic E-state index is 12.7. The lowest BCUT2D eigenvalue weighted by Gasteiger charge is -2.34. The molecule has 1 saturated heterocycles. The largest absolute Gasteiger partial charge is 0.368 e. The zero-order valence-electron chi connectivity index (χ0n) is 13.6. The van der Waals surface area contributed by atoms with Crippen LogP contribution in [0, 0.1) is 0 Å². The number of halogens is 1. The highest BCUT2D eigenvalue weighted by Crippen LogP contribution is 2.24. The molecule has 0 aliphatic carbocycles. The average Bonchev–Trinajstić information content (AvgIpc) is 3.04. The molecule has 0 saturated carbocycles. The van der Waals surface area contributed by atoms with Crippen LogP contribution in [0.3, 0.4) is 0 Å². The molecule has 2 aromatic rings. The van der Waals surface area contributed by atoms with Crippen LogP contribution in [0.1, 0.15) is 18.4 Å². The van der Waals surface area contributed by atoms with Crippen LogP contribution in [0.4, 0.5) is 5.95 Å².